The molecular formula is C24H14BO4. The van der Waals surface area contributed by atoms with Gasteiger partial charge in [-0.1, -0.05) is 60.7 Å². The molecule has 0 amide bonds. The highest BCUT2D eigenvalue weighted by molar-refractivity contribution is 6.22. The van der Waals surface area contributed by atoms with Crippen molar-refractivity contribution in [3.8, 4) is 11.5 Å². The lowest BCUT2D eigenvalue weighted by Crippen LogP contribution is -2.11. The van der Waals surface area contributed by atoms with E-state index in [1.807, 2.05) is 84.9 Å². The normalized spacial score (nSPS) is 11.4. The van der Waals surface area contributed by atoms with E-state index in [0.717, 1.165) is 32.7 Å². The summed E-state index contributed by atoms with van der Waals surface area (Å²) < 4.78 is 23.5. The van der Waals surface area contributed by atoms with Crippen LogP contribution in [0.15, 0.2) is 93.8 Å². The van der Waals surface area contributed by atoms with Gasteiger partial charge in [0.2, 0.25) is 0 Å². The third-order valence-corrected chi connectivity index (χ3v) is 5.09. The molecule has 0 saturated heterocycles. The van der Waals surface area contributed by atoms with E-state index >= 15 is 0 Å². The number of benzene rings is 4. The fourth-order valence-electron chi connectivity index (χ4n) is 3.76. The molecule has 0 saturated carbocycles. The van der Waals surface area contributed by atoms with Crippen LogP contribution in [0.4, 0.5) is 0 Å². The Morgan fingerprint density at radius 2 is 0.931 bits per heavy atom. The molecule has 5 heteroatoms. The predicted molar refractivity (Wildman–Crippen MR) is 114 cm³/mol. The monoisotopic (exact) mass is 377 g/mol. The van der Waals surface area contributed by atoms with Gasteiger partial charge in [-0.15, -0.1) is 0 Å². The highest BCUT2D eigenvalue weighted by Gasteiger charge is 2.15. The summed E-state index contributed by atoms with van der Waals surface area (Å²) in [5.74, 6) is 1.19. The summed E-state index contributed by atoms with van der Waals surface area (Å²) in [4.78, 5) is 0. The first-order valence-corrected chi connectivity index (χ1v) is 9.34. The third kappa shape index (κ3) is 2.55. The van der Waals surface area contributed by atoms with Crippen LogP contribution in [-0.4, -0.2) is 7.69 Å². The standard InChI is InChI=1S/C24H14BO4/c1-3-11-19-15(7-1)17-9-5-13-21(23(17)26-19)28-25-29-22-14-6-10-18-16-8-2-4-12-20(16)27-24(18)22/h1-14H. The lowest BCUT2D eigenvalue weighted by atomic mass is 10.1. The summed E-state index contributed by atoms with van der Waals surface area (Å²) in [5.41, 5.74) is 3.03. The fourth-order valence-corrected chi connectivity index (χ4v) is 3.76. The first-order valence-electron chi connectivity index (χ1n) is 9.34. The van der Waals surface area contributed by atoms with Gasteiger partial charge in [-0.3, -0.25) is 0 Å². The minimum Gasteiger partial charge on any atom is -0.524 e. The smallest absolute Gasteiger partial charge is 0.524 e. The molecule has 0 aliphatic carbocycles. The summed E-state index contributed by atoms with van der Waals surface area (Å²) in [6, 6.07) is 27.5. The second kappa shape index (κ2) is 6.35. The lowest BCUT2D eigenvalue weighted by Gasteiger charge is -2.07. The van der Waals surface area contributed by atoms with Crippen molar-refractivity contribution in [2.24, 2.45) is 0 Å². The van der Waals surface area contributed by atoms with Crippen molar-refractivity contribution in [1.29, 1.82) is 0 Å². The SMILES string of the molecule is [B](Oc1cccc2c1oc1ccccc12)Oc1cccc2c1oc1ccccc12. The van der Waals surface area contributed by atoms with Gasteiger partial charge in [-0.2, -0.15) is 0 Å². The third-order valence-electron chi connectivity index (χ3n) is 5.09. The Hall–Kier alpha value is -3.86. The molecule has 2 heterocycles. The summed E-state index contributed by atoms with van der Waals surface area (Å²) in [5, 5.41) is 4.12. The molecule has 4 aromatic carbocycles. The molecule has 0 fully saturated rings. The van der Waals surface area contributed by atoms with Crippen molar-refractivity contribution >= 4 is 51.6 Å². The van der Waals surface area contributed by atoms with Crippen LogP contribution in [0.1, 0.15) is 0 Å². The Balaban J connectivity index is 1.32. The second-order valence-electron chi connectivity index (χ2n) is 6.79. The molecule has 0 aliphatic heterocycles. The highest BCUT2D eigenvalue weighted by atomic mass is 16.6. The van der Waals surface area contributed by atoms with Crippen LogP contribution in [0.3, 0.4) is 0 Å². The summed E-state index contributed by atoms with van der Waals surface area (Å²) in [6.07, 6.45) is 0. The van der Waals surface area contributed by atoms with Crippen molar-refractivity contribution in [2.75, 3.05) is 0 Å². The molecule has 0 bridgehead atoms. The minimum absolute atomic E-state index is 0.593. The second-order valence-corrected chi connectivity index (χ2v) is 6.79. The van der Waals surface area contributed by atoms with Crippen LogP contribution in [0.5, 0.6) is 11.5 Å². The van der Waals surface area contributed by atoms with Crippen LogP contribution >= 0.6 is 0 Å². The number of fused-ring (bicyclic) bond motifs is 6. The molecule has 2 aromatic heterocycles. The lowest BCUT2D eigenvalue weighted by molar-refractivity contribution is 0.453. The fraction of sp³-hybridized carbons (Fsp3) is 0. The first-order chi connectivity index (χ1) is 14.4. The van der Waals surface area contributed by atoms with Gasteiger partial charge in [-0.25, -0.2) is 0 Å². The molecule has 0 aliphatic rings. The zero-order chi connectivity index (χ0) is 19.2. The quantitative estimate of drug-likeness (QED) is 0.330. The van der Waals surface area contributed by atoms with Gasteiger partial charge in [0.05, 0.1) is 0 Å². The topological polar surface area (TPSA) is 44.7 Å². The molecule has 4 nitrogen and oxygen atoms in total. The van der Waals surface area contributed by atoms with E-state index in [4.69, 9.17) is 18.1 Å². The number of rotatable bonds is 4. The minimum atomic E-state index is 0.593. The van der Waals surface area contributed by atoms with E-state index < -0.39 is 0 Å². The molecular weight excluding hydrogens is 363 g/mol. The van der Waals surface area contributed by atoms with Crippen LogP contribution in [0, 0.1) is 0 Å². The Morgan fingerprint density at radius 3 is 1.45 bits per heavy atom. The Morgan fingerprint density at radius 1 is 0.483 bits per heavy atom. The van der Waals surface area contributed by atoms with E-state index in [1.165, 1.54) is 7.69 Å². The highest BCUT2D eigenvalue weighted by Crippen LogP contribution is 2.36. The van der Waals surface area contributed by atoms with Crippen LogP contribution in [0.25, 0.3) is 43.9 Å². The maximum absolute atomic E-state index is 5.98. The molecule has 137 valence electrons. The van der Waals surface area contributed by atoms with Crippen molar-refractivity contribution in [1.82, 2.24) is 0 Å². The Kier molecular flexibility index (Phi) is 3.53. The van der Waals surface area contributed by atoms with Crippen LogP contribution in [0.2, 0.25) is 0 Å². The maximum Gasteiger partial charge on any atom is 0.658 e. The largest absolute Gasteiger partial charge is 0.658 e. The molecule has 29 heavy (non-hydrogen) atoms. The van der Waals surface area contributed by atoms with E-state index in [1.54, 1.807) is 0 Å². The van der Waals surface area contributed by atoms with Gasteiger partial charge in [0.25, 0.3) is 0 Å². The zero-order valence-corrected chi connectivity index (χ0v) is 15.3. The molecule has 6 rings (SSSR count). The van der Waals surface area contributed by atoms with E-state index in [2.05, 4.69) is 0 Å². The average Bonchev–Trinajstić information content (AvgIpc) is 3.33. The Bertz CT molecular complexity index is 1380. The maximum atomic E-state index is 5.98. The number of furan rings is 2. The summed E-state index contributed by atoms with van der Waals surface area (Å²) in [6.45, 7) is 0. The first kappa shape index (κ1) is 16.1. The van der Waals surface area contributed by atoms with Crippen molar-refractivity contribution < 1.29 is 18.1 Å². The number of para-hydroxylation sites is 4. The van der Waals surface area contributed by atoms with Crippen molar-refractivity contribution in [2.45, 2.75) is 0 Å². The molecule has 1 radical (unpaired) electrons. The summed E-state index contributed by atoms with van der Waals surface area (Å²) in [7, 11) is 1.31. The van der Waals surface area contributed by atoms with E-state index in [-0.39, 0.29) is 0 Å². The zero-order valence-electron chi connectivity index (χ0n) is 15.3. The predicted octanol–water partition coefficient (Wildman–Crippen LogP) is 6.48. The average molecular weight is 377 g/mol. The molecule has 0 unspecified atom stereocenters. The number of hydrogen-bond donors (Lipinski definition) is 0. The molecule has 0 atom stereocenters. The van der Waals surface area contributed by atoms with E-state index in [0.29, 0.717) is 22.7 Å². The Labute approximate surface area is 166 Å². The van der Waals surface area contributed by atoms with E-state index in [9.17, 15) is 0 Å². The van der Waals surface area contributed by atoms with Gasteiger partial charge in [0.15, 0.2) is 11.2 Å². The molecule has 0 N–H and O–H groups in total. The van der Waals surface area contributed by atoms with Crippen molar-refractivity contribution in [3.63, 3.8) is 0 Å². The summed E-state index contributed by atoms with van der Waals surface area (Å²) >= 11 is 0. The van der Waals surface area contributed by atoms with Gasteiger partial charge in [-0.05, 0) is 24.3 Å². The van der Waals surface area contributed by atoms with Crippen LogP contribution < -0.4 is 9.31 Å². The molecule has 6 aromatic rings. The van der Waals surface area contributed by atoms with Crippen LogP contribution in [-0.2, 0) is 0 Å². The van der Waals surface area contributed by atoms with Gasteiger partial charge in [0, 0.05) is 21.5 Å². The van der Waals surface area contributed by atoms with Gasteiger partial charge >= 0.3 is 7.69 Å². The van der Waals surface area contributed by atoms with Gasteiger partial charge in [0.1, 0.15) is 22.7 Å². The number of hydrogen-bond acceptors (Lipinski definition) is 4. The van der Waals surface area contributed by atoms with Gasteiger partial charge < -0.3 is 18.1 Å². The van der Waals surface area contributed by atoms with Crippen molar-refractivity contribution in [3.05, 3.63) is 84.9 Å². The molecule has 0 spiro atoms.